The summed E-state index contributed by atoms with van der Waals surface area (Å²) in [7, 11) is 0. The minimum Gasteiger partial charge on any atom is -0.309 e. The molecular formula is C63H41N5. The quantitative estimate of drug-likeness (QED) is 0.153. The Morgan fingerprint density at radius 3 is 1.13 bits per heavy atom. The van der Waals surface area contributed by atoms with E-state index in [9.17, 15) is 0 Å². The van der Waals surface area contributed by atoms with Crippen LogP contribution >= 0.6 is 0 Å². The maximum Gasteiger partial charge on any atom is 0.166 e. The lowest BCUT2D eigenvalue weighted by atomic mass is 9.99. The van der Waals surface area contributed by atoms with Crippen LogP contribution in [0.4, 0.5) is 0 Å². The van der Waals surface area contributed by atoms with E-state index in [1.165, 1.54) is 49.3 Å². The van der Waals surface area contributed by atoms with Crippen LogP contribution in [0.3, 0.4) is 0 Å². The molecule has 3 aromatic heterocycles. The number of rotatable bonds is 8. The Hall–Kier alpha value is -9.19. The van der Waals surface area contributed by atoms with Gasteiger partial charge in [0.25, 0.3) is 0 Å². The molecule has 5 heteroatoms. The topological polar surface area (TPSA) is 48.5 Å². The van der Waals surface area contributed by atoms with Crippen molar-refractivity contribution in [1.29, 1.82) is 0 Å². The van der Waals surface area contributed by atoms with Crippen molar-refractivity contribution in [1.82, 2.24) is 24.1 Å². The molecule has 0 aliphatic heterocycles. The Morgan fingerprint density at radius 2 is 0.603 bits per heavy atom. The van der Waals surface area contributed by atoms with Gasteiger partial charge in [0.2, 0.25) is 0 Å². The van der Waals surface area contributed by atoms with E-state index in [4.69, 9.17) is 15.0 Å². The van der Waals surface area contributed by atoms with Crippen molar-refractivity contribution in [3.05, 3.63) is 249 Å². The smallest absolute Gasteiger partial charge is 0.166 e. The zero-order chi connectivity index (χ0) is 45.0. The van der Waals surface area contributed by atoms with Gasteiger partial charge in [-0.3, -0.25) is 0 Å². The number of hydrogen-bond donors (Lipinski definition) is 0. The minimum absolute atomic E-state index is 0.591. The number of para-hydroxylation sites is 2. The lowest BCUT2D eigenvalue weighted by Gasteiger charge is -2.17. The second kappa shape index (κ2) is 16.4. The lowest BCUT2D eigenvalue weighted by Crippen LogP contribution is -2.04. The zero-order valence-electron chi connectivity index (χ0n) is 36.9. The van der Waals surface area contributed by atoms with E-state index in [1.807, 2.05) is 36.4 Å². The van der Waals surface area contributed by atoms with E-state index in [0.29, 0.717) is 17.5 Å². The molecule has 0 aliphatic rings. The largest absolute Gasteiger partial charge is 0.309 e. The van der Waals surface area contributed by atoms with Crippen LogP contribution in [-0.2, 0) is 0 Å². The van der Waals surface area contributed by atoms with Gasteiger partial charge in [-0.05, 0) is 100 Å². The predicted molar refractivity (Wildman–Crippen MR) is 281 cm³/mol. The Balaban J connectivity index is 1.09. The molecule has 0 amide bonds. The first-order valence-corrected chi connectivity index (χ1v) is 23.0. The van der Waals surface area contributed by atoms with Crippen LogP contribution in [0.15, 0.2) is 249 Å². The monoisotopic (exact) mass is 867 g/mol. The maximum atomic E-state index is 5.36. The number of fused-ring (bicyclic) bond motifs is 6. The molecule has 0 radical (unpaired) electrons. The van der Waals surface area contributed by atoms with E-state index < -0.39 is 0 Å². The van der Waals surface area contributed by atoms with Crippen LogP contribution in [0.5, 0.6) is 0 Å². The van der Waals surface area contributed by atoms with Gasteiger partial charge in [-0.1, -0.05) is 182 Å². The van der Waals surface area contributed by atoms with Gasteiger partial charge in [0.1, 0.15) is 0 Å². The van der Waals surface area contributed by atoms with Crippen LogP contribution in [-0.4, -0.2) is 24.1 Å². The first kappa shape index (κ1) is 39.2. The van der Waals surface area contributed by atoms with Gasteiger partial charge in [-0.15, -0.1) is 0 Å². The number of hydrogen-bond acceptors (Lipinski definition) is 3. The van der Waals surface area contributed by atoms with Crippen molar-refractivity contribution in [3.63, 3.8) is 0 Å². The molecular weight excluding hydrogens is 827 g/mol. The lowest BCUT2D eigenvalue weighted by molar-refractivity contribution is 1.06. The van der Waals surface area contributed by atoms with Crippen LogP contribution in [0.25, 0.3) is 123 Å². The van der Waals surface area contributed by atoms with Crippen LogP contribution in [0.2, 0.25) is 0 Å². The van der Waals surface area contributed by atoms with Gasteiger partial charge in [0.05, 0.1) is 27.8 Å². The highest BCUT2D eigenvalue weighted by atomic mass is 15.1. The Bertz CT molecular complexity index is 3840. The predicted octanol–water partition coefficient (Wildman–Crippen LogP) is 16.1. The Morgan fingerprint density at radius 1 is 0.235 bits per heavy atom. The van der Waals surface area contributed by atoms with Crippen molar-refractivity contribution in [2.75, 3.05) is 0 Å². The Labute approximate surface area is 393 Å². The molecule has 0 saturated carbocycles. The summed E-state index contributed by atoms with van der Waals surface area (Å²) in [5.74, 6) is 1.82. The normalized spacial score (nSPS) is 11.5. The average Bonchev–Trinajstić information content (AvgIpc) is 3.93. The van der Waals surface area contributed by atoms with Crippen molar-refractivity contribution < 1.29 is 0 Å². The third kappa shape index (κ3) is 6.76. The van der Waals surface area contributed by atoms with Gasteiger partial charge >= 0.3 is 0 Å². The summed E-state index contributed by atoms with van der Waals surface area (Å²) in [5.41, 5.74) is 16.2. The van der Waals surface area contributed by atoms with Crippen LogP contribution < -0.4 is 0 Å². The van der Waals surface area contributed by atoms with Gasteiger partial charge in [0.15, 0.2) is 17.5 Å². The summed E-state index contributed by atoms with van der Waals surface area (Å²) in [4.78, 5) is 15.8. The molecule has 0 atom stereocenters. The molecule has 0 fully saturated rings. The molecule has 5 nitrogen and oxygen atoms in total. The highest BCUT2D eigenvalue weighted by Crippen LogP contribution is 2.42. The maximum absolute atomic E-state index is 5.36. The third-order valence-corrected chi connectivity index (χ3v) is 13.2. The first-order valence-electron chi connectivity index (χ1n) is 23.0. The molecule has 3 heterocycles. The molecule has 318 valence electrons. The molecule has 68 heavy (non-hydrogen) atoms. The van der Waals surface area contributed by atoms with E-state index in [-0.39, 0.29) is 0 Å². The third-order valence-electron chi connectivity index (χ3n) is 13.2. The SMILES string of the molecule is c1ccc(-c2ccc3c(c2)c2cc(-c4ccccc4)ccc2n3-c2ccc(-c3ccc4c(c3)c3ccccc3n4-c3ccccc3)cc2-c2nc(-c3ccccc3)nc(-c3ccccc3)n2)cc1. The van der Waals surface area contributed by atoms with E-state index in [1.54, 1.807) is 0 Å². The molecule has 0 saturated heterocycles. The van der Waals surface area contributed by atoms with E-state index in [0.717, 1.165) is 55.7 Å². The van der Waals surface area contributed by atoms with E-state index in [2.05, 4.69) is 221 Å². The standard InChI is InChI=1S/C63H41N5/c1-6-18-42(19-7-1)46-30-35-58-53(38-46)54-39-47(43-20-8-2-9-21-43)31-36-59(54)68(58)60-37-33-49(48-32-34-57-52(40-48)51-28-16-17-29-56(51)67(57)50-26-14-5-15-27-50)41-55(60)63-65-61(44-22-10-3-11-23-44)64-62(66-63)45-24-12-4-13-25-45/h1-41H. The number of aromatic nitrogens is 5. The summed E-state index contributed by atoms with van der Waals surface area (Å²) in [6.07, 6.45) is 0. The summed E-state index contributed by atoms with van der Waals surface area (Å²) >= 11 is 0. The summed E-state index contributed by atoms with van der Waals surface area (Å²) < 4.78 is 4.76. The first-order chi connectivity index (χ1) is 33.7. The fourth-order valence-electron chi connectivity index (χ4n) is 9.93. The van der Waals surface area contributed by atoms with E-state index >= 15 is 0 Å². The second-order valence-corrected chi connectivity index (χ2v) is 17.2. The fraction of sp³-hybridized carbons (Fsp3) is 0. The highest BCUT2D eigenvalue weighted by Gasteiger charge is 2.22. The zero-order valence-corrected chi connectivity index (χ0v) is 36.9. The summed E-state index contributed by atoms with van der Waals surface area (Å²) in [6, 6.07) is 88.3. The molecule has 0 N–H and O–H groups in total. The van der Waals surface area contributed by atoms with Crippen molar-refractivity contribution >= 4 is 43.6 Å². The molecule has 0 aliphatic carbocycles. The molecule has 0 spiro atoms. The minimum atomic E-state index is 0.591. The second-order valence-electron chi connectivity index (χ2n) is 17.2. The highest BCUT2D eigenvalue weighted by molar-refractivity contribution is 6.13. The van der Waals surface area contributed by atoms with Gasteiger partial charge < -0.3 is 9.13 Å². The van der Waals surface area contributed by atoms with Gasteiger partial charge in [0, 0.05) is 43.9 Å². The molecule has 13 rings (SSSR count). The van der Waals surface area contributed by atoms with Gasteiger partial charge in [-0.25, -0.2) is 15.0 Å². The van der Waals surface area contributed by atoms with Crippen LogP contribution in [0, 0.1) is 0 Å². The average molecular weight is 868 g/mol. The summed E-state index contributed by atoms with van der Waals surface area (Å²) in [5, 5.41) is 4.73. The fourth-order valence-corrected chi connectivity index (χ4v) is 9.93. The molecule has 0 bridgehead atoms. The number of benzene rings is 10. The number of nitrogens with zero attached hydrogens (tertiary/aromatic N) is 5. The molecule has 0 unspecified atom stereocenters. The molecule has 10 aromatic carbocycles. The molecule has 13 aromatic rings. The van der Waals surface area contributed by atoms with Crippen molar-refractivity contribution in [3.8, 4) is 78.9 Å². The van der Waals surface area contributed by atoms with Crippen molar-refractivity contribution in [2.45, 2.75) is 0 Å². The Kier molecular flexibility index (Phi) is 9.43. The van der Waals surface area contributed by atoms with Crippen LogP contribution in [0.1, 0.15) is 0 Å². The van der Waals surface area contributed by atoms with Crippen molar-refractivity contribution in [2.24, 2.45) is 0 Å². The summed E-state index contributed by atoms with van der Waals surface area (Å²) in [6.45, 7) is 0. The van der Waals surface area contributed by atoms with Gasteiger partial charge in [-0.2, -0.15) is 0 Å².